The molecule has 1 aliphatic rings. The van der Waals surface area contributed by atoms with E-state index in [-0.39, 0.29) is 36.3 Å². The SMILES string of the molecule is CCC1CCCN(C(C)(C)CNC(=O)c2ccccc2N)C1.Cl.Cl. The number of benzene rings is 1. The Morgan fingerprint density at radius 2 is 2.00 bits per heavy atom. The number of nitrogen functional groups attached to an aromatic ring is 1. The van der Waals surface area contributed by atoms with Crippen LogP contribution in [0.3, 0.4) is 0 Å². The number of carbonyl (C=O) groups excluding carboxylic acids is 1. The molecule has 1 fully saturated rings. The van der Waals surface area contributed by atoms with Gasteiger partial charge in [0.25, 0.3) is 5.91 Å². The standard InChI is InChI=1S/C18H29N3O.2ClH/c1-4-14-8-7-11-21(12-14)18(2,3)13-20-17(22)15-9-5-6-10-16(15)19;;/h5-6,9-10,14H,4,7-8,11-13,19H2,1-3H3,(H,20,22);2*1H. The number of carbonyl (C=O) groups is 1. The fourth-order valence-corrected chi connectivity index (χ4v) is 3.16. The van der Waals surface area contributed by atoms with Crippen LogP contribution in [0.4, 0.5) is 5.69 Å². The Labute approximate surface area is 158 Å². The predicted octanol–water partition coefficient (Wildman–Crippen LogP) is 3.74. The molecule has 0 saturated carbocycles. The van der Waals surface area contributed by atoms with Gasteiger partial charge >= 0.3 is 0 Å². The van der Waals surface area contributed by atoms with Gasteiger partial charge in [0.15, 0.2) is 0 Å². The monoisotopic (exact) mass is 375 g/mol. The van der Waals surface area contributed by atoms with Crippen LogP contribution in [-0.2, 0) is 0 Å². The number of nitrogens with one attached hydrogen (secondary N) is 1. The quantitative estimate of drug-likeness (QED) is 0.770. The van der Waals surface area contributed by atoms with E-state index in [0.717, 1.165) is 19.0 Å². The van der Waals surface area contributed by atoms with E-state index >= 15 is 0 Å². The average Bonchev–Trinajstić information content (AvgIpc) is 2.53. The summed E-state index contributed by atoms with van der Waals surface area (Å²) in [7, 11) is 0. The van der Waals surface area contributed by atoms with Crippen LogP contribution < -0.4 is 11.1 Å². The molecule has 138 valence electrons. The van der Waals surface area contributed by atoms with Crippen LogP contribution in [0.1, 0.15) is 50.4 Å². The fraction of sp³-hybridized carbons (Fsp3) is 0.611. The zero-order chi connectivity index (χ0) is 16.2. The Morgan fingerprint density at radius 3 is 2.62 bits per heavy atom. The molecule has 6 heteroatoms. The van der Waals surface area contributed by atoms with Crippen molar-refractivity contribution in [1.82, 2.24) is 10.2 Å². The molecule has 1 aliphatic heterocycles. The number of piperidine rings is 1. The highest BCUT2D eigenvalue weighted by Crippen LogP contribution is 2.25. The van der Waals surface area contributed by atoms with Gasteiger partial charge < -0.3 is 11.1 Å². The molecule has 1 aromatic carbocycles. The summed E-state index contributed by atoms with van der Waals surface area (Å²) in [5.41, 5.74) is 6.92. The van der Waals surface area contributed by atoms with E-state index < -0.39 is 0 Å². The molecule has 0 spiro atoms. The van der Waals surface area contributed by atoms with Crippen molar-refractivity contribution in [2.24, 2.45) is 5.92 Å². The zero-order valence-electron chi connectivity index (χ0n) is 14.9. The highest BCUT2D eigenvalue weighted by Gasteiger charge is 2.31. The summed E-state index contributed by atoms with van der Waals surface area (Å²) in [6, 6.07) is 7.21. The van der Waals surface area contributed by atoms with E-state index in [1.807, 2.05) is 12.1 Å². The van der Waals surface area contributed by atoms with Crippen molar-refractivity contribution in [2.75, 3.05) is 25.4 Å². The Bertz CT molecular complexity index is 523. The third-order valence-corrected chi connectivity index (χ3v) is 4.84. The highest BCUT2D eigenvalue weighted by atomic mass is 35.5. The Kier molecular flexibility index (Phi) is 9.71. The van der Waals surface area contributed by atoms with Gasteiger partial charge in [-0.15, -0.1) is 24.8 Å². The second-order valence-corrected chi connectivity index (χ2v) is 6.94. The summed E-state index contributed by atoms with van der Waals surface area (Å²) < 4.78 is 0. The van der Waals surface area contributed by atoms with Gasteiger partial charge in [0, 0.05) is 24.3 Å². The van der Waals surface area contributed by atoms with Crippen molar-refractivity contribution in [3.8, 4) is 0 Å². The molecule has 0 aromatic heterocycles. The van der Waals surface area contributed by atoms with Crippen LogP contribution in [-0.4, -0.2) is 36.0 Å². The zero-order valence-corrected chi connectivity index (χ0v) is 16.5. The second-order valence-electron chi connectivity index (χ2n) is 6.94. The van der Waals surface area contributed by atoms with Crippen molar-refractivity contribution in [2.45, 2.75) is 45.6 Å². The summed E-state index contributed by atoms with van der Waals surface area (Å²) >= 11 is 0. The molecule has 0 radical (unpaired) electrons. The van der Waals surface area contributed by atoms with Crippen molar-refractivity contribution in [3.63, 3.8) is 0 Å². The number of halogens is 2. The number of hydrogen-bond donors (Lipinski definition) is 2. The molecular formula is C18H31Cl2N3O. The first-order chi connectivity index (χ1) is 10.4. The third kappa shape index (κ3) is 5.83. The van der Waals surface area contributed by atoms with Gasteiger partial charge in [-0.25, -0.2) is 0 Å². The van der Waals surface area contributed by atoms with E-state index in [0.29, 0.717) is 17.8 Å². The van der Waals surface area contributed by atoms with E-state index in [9.17, 15) is 4.79 Å². The van der Waals surface area contributed by atoms with Gasteiger partial charge in [0.2, 0.25) is 0 Å². The first kappa shape index (κ1) is 23.0. The lowest BCUT2D eigenvalue weighted by atomic mass is 9.91. The predicted molar refractivity (Wildman–Crippen MR) is 106 cm³/mol. The largest absolute Gasteiger partial charge is 0.398 e. The molecule has 1 aromatic rings. The van der Waals surface area contributed by atoms with Crippen molar-refractivity contribution >= 4 is 36.4 Å². The van der Waals surface area contributed by atoms with Crippen LogP contribution in [0.2, 0.25) is 0 Å². The topological polar surface area (TPSA) is 58.4 Å². The second kappa shape index (κ2) is 10.1. The number of anilines is 1. The van der Waals surface area contributed by atoms with Gasteiger partial charge in [-0.1, -0.05) is 25.5 Å². The lowest BCUT2D eigenvalue weighted by Gasteiger charge is -2.43. The average molecular weight is 376 g/mol. The molecule has 0 bridgehead atoms. The maximum absolute atomic E-state index is 12.3. The van der Waals surface area contributed by atoms with E-state index in [2.05, 4.69) is 31.0 Å². The maximum Gasteiger partial charge on any atom is 0.253 e. The molecule has 1 unspecified atom stereocenters. The van der Waals surface area contributed by atoms with Gasteiger partial charge in [0.05, 0.1) is 5.56 Å². The minimum absolute atomic E-state index is 0. The van der Waals surface area contributed by atoms with Crippen molar-refractivity contribution in [3.05, 3.63) is 29.8 Å². The maximum atomic E-state index is 12.3. The number of hydrogen-bond acceptors (Lipinski definition) is 3. The number of nitrogens with two attached hydrogens (primary N) is 1. The van der Waals surface area contributed by atoms with Gasteiger partial charge in [-0.05, 0) is 51.3 Å². The number of para-hydroxylation sites is 1. The molecule has 24 heavy (non-hydrogen) atoms. The van der Waals surface area contributed by atoms with Crippen LogP contribution in [0.5, 0.6) is 0 Å². The highest BCUT2D eigenvalue weighted by molar-refractivity contribution is 5.99. The number of amides is 1. The minimum atomic E-state index is -0.0878. The summed E-state index contributed by atoms with van der Waals surface area (Å²) in [6.45, 7) is 9.57. The summed E-state index contributed by atoms with van der Waals surface area (Å²) in [5.74, 6) is 0.698. The first-order valence-corrected chi connectivity index (χ1v) is 8.32. The number of rotatable bonds is 5. The molecule has 1 heterocycles. The summed E-state index contributed by atoms with van der Waals surface area (Å²) in [4.78, 5) is 14.8. The molecule has 4 nitrogen and oxygen atoms in total. The van der Waals surface area contributed by atoms with Crippen LogP contribution in [0.25, 0.3) is 0 Å². The fourth-order valence-electron chi connectivity index (χ4n) is 3.16. The van der Waals surface area contributed by atoms with Crippen LogP contribution in [0.15, 0.2) is 24.3 Å². The van der Waals surface area contributed by atoms with E-state index in [1.54, 1.807) is 12.1 Å². The van der Waals surface area contributed by atoms with Gasteiger partial charge in [-0.2, -0.15) is 0 Å². The Hall–Kier alpha value is -0.970. The molecule has 1 amide bonds. The van der Waals surface area contributed by atoms with Gasteiger partial charge in [-0.3, -0.25) is 9.69 Å². The summed E-state index contributed by atoms with van der Waals surface area (Å²) in [6.07, 6.45) is 3.82. The number of likely N-dealkylation sites (tertiary alicyclic amines) is 1. The first-order valence-electron chi connectivity index (χ1n) is 8.32. The smallest absolute Gasteiger partial charge is 0.253 e. The Balaban J connectivity index is 0.00000264. The summed E-state index contributed by atoms with van der Waals surface area (Å²) in [5, 5.41) is 3.05. The molecular weight excluding hydrogens is 345 g/mol. The molecule has 3 N–H and O–H groups in total. The van der Waals surface area contributed by atoms with Gasteiger partial charge in [0.1, 0.15) is 0 Å². The van der Waals surface area contributed by atoms with Crippen molar-refractivity contribution in [1.29, 1.82) is 0 Å². The normalized spacial score (nSPS) is 18.2. The molecule has 2 rings (SSSR count). The minimum Gasteiger partial charge on any atom is -0.398 e. The van der Waals surface area contributed by atoms with Crippen LogP contribution >= 0.6 is 24.8 Å². The molecule has 1 saturated heterocycles. The Morgan fingerprint density at radius 1 is 1.33 bits per heavy atom. The lowest BCUT2D eigenvalue weighted by Crippen LogP contribution is -2.54. The molecule has 1 atom stereocenters. The molecule has 0 aliphatic carbocycles. The van der Waals surface area contributed by atoms with Crippen molar-refractivity contribution < 1.29 is 4.79 Å². The van der Waals surface area contributed by atoms with E-state index in [4.69, 9.17) is 5.73 Å². The van der Waals surface area contributed by atoms with Crippen LogP contribution in [0, 0.1) is 5.92 Å². The third-order valence-electron chi connectivity index (χ3n) is 4.84. The number of nitrogens with zero attached hydrogens (tertiary/aromatic N) is 1. The lowest BCUT2D eigenvalue weighted by molar-refractivity contribution is 0.0612. The van der Waals surface area contributed by atoms with E-state index in [1.165, 1.54) is 19.3 Å².